The van der Waals surface area contributed by atoms with Crippen LogP contribution in [0.5, 0.6) is 0 Å². The SMILES string of the molecule is CCNC(=NCC1CC(=O)Nc2ccccc21)NCCCc1nc(C)cs1.I. The number of thiazole rings is 1. The highest BCUT2D eigenvalue weighted by molar-refractivity contribution is 14.0. The Morgan fingerprint density at radius 1 is 1.36 bits per heavy atom. The van der Waals surface area contributed by atoms with Gasteiger partial charge in [-0.25, -0.2) is 4.98 Å². The minimum absolute atomic E-state index is 0. The van der Waals surface area contributed by atoms with Crippen LogP contribution >= 0.6 is 35.3 Å². The van der Waals surface area contributed by atoms with E-state index in [1.54, 1.807) is 11.3 Å². The summed E-state index contributed by atoms with van der Waals surface area (Å²) in [5, 5.41) is 12.9. The largest absolute Gasteiger partial charge is 0.357 e. The molecule has 1 aliphatic heterocycles. The average Bonchev–Trinajstić information content (AvgIpc) is 3.08. The van der Waals surface area contributed by atoms with Crippen LogP contribution in [0.15, 0.2) is 34.6 Å². The third-order valence-corrected chi connectivity index (χ3v) is 5.47. The van der Waals surface area contributed by atoms with Gasteiger partial charge in [0.15, 0.2) is 5.96 Å². The molecule has 6 nitrogen and oxygen atoms in total. The lowest BCUT2D eigenvalue weighted by molar-refractivity contribution is -0.116. The van der Waals surface area contributed by atoms with Crippen molar-refractivity contribution in [2.24, 2.45) is 4.99 Å². The first-order chi connectivity index (χ1) is 13.2. The third kappa shape index (κ3) is 6.44. The maximum atomic E-state index is 12.0. The lowest BCUT2D eigenvalue weighted by atomic mass is 9.91. The maximum Gasteiger partial charge on any atom is 0.225 e. The van der Waals surface area contributed by atoms with Crippen LogP contribution in [0.3, 0.4) is 0 Å². The molecule has 2 aromatic rings. The van der Waals surface area contributed by atoms with Crippen molar-refractivity contribution in [3.63, 3.8) is 0 Å². The Kier molecular flexibility index (Phi) is 9.17. The Morgan fingerprint density at radius 2 is 2.18 bits per heavy atom. The monoisotopic (exact) mass is 513 g/mol. The molecule has 8 heteroatoms. The molecule has 1 aromatic heterocycles. The molecule has 1 aromatic carbocycles. The molecule has 0 aliphatic carbocycles. The molecule has 0 radical (unpaired) electrons. The fourth-order valence-corrected chi connectivity index (χ4v) is 3.99. The molecule has 1 unspecified atom stereocenters. The van der Waals surface area contributed by atoms with E-state index in [0.29, 0.717) is 13.0 Å². The number of hydrogen-bond acceptors (Lipinski definition) is 4. The molecule has 0 saturated carbocycles. The van der Waals surface area contributed by atoms with E-state index in [2.05, 4.69) is 39.3 Å². The molecule has 0 bridgehead atoms. The first-order valence-corrected chi connectivity index (χ1v) is 10.4. The van der Waals surface area contributed by atoms with Gasteiger partial charge in [0.05, 0.1) is 11.6 Å². The van der Waals surface area contributed by atoms with Gasteiger partial charge in [-0.05, 0) is 31.9 Å². The van der Waals surface area contributed by atoms with E-state index in [1.165, 1.54) is 5.01 Å². The summed E-state index contributed by atoms with van der Waals surface area (Å²) in [5.74, 6) is 0.977. The van der Waals surface area contributed by atoms with Crippen LogP contribution in [0.1, 0.15) is 41.9 Å². The first kappa shape index (κ1) is 22.6. The van der Waals surface area contributed by atoms with Gasteiger partial charge in [-0.3, -0.25) is 9.79 Å². The number of halogens is 1. The zero-order chi connectivity index (χ0) is 19.1. The second-order valence-electron chi connectivity index (χ2n) is 6.67. The van der Waals surface area contributed by atoms with Gasteiger partial charge >= 0.3 is 0 Å². The van der Waals surface area contributed by atoms with Crippen LogP contribution in [-0.4, -0.2) is 36.5 Å². The second kappa shape index (κ2) is 11.4. The van der Waals surface area contributed by atoms with E-state index in [1.807, 2.05) is 25.1 Å². The standard InChI is InChI=1S/C20H27N5OS.HI/c1-3-21-20(22-10-6-9-19-24-14(2)13-27-19)23-12-15-11-18(26)25-17-8-5-4-7-16(15)17;/h4-5,7-8,13,15H,3,6,9-12H2,1-2H3,(H,25,26)(H2,21,22,23);1H. The van der Waals surface area contributed by atoms with Crippen LogP contribution in [-0.2, 0) is 11.2 Å². The zero-order valence-corrected chi connectivity index (χ0v) is 19.5. The topological polar surface area (TPSA) is 78.4 Å². The van der Waals surface area contributed by atoms with Crippen LogP contribution in [0.2, 0.25) is 0 Å². The van der Waals surface area contributed by atoms with Crippen LogP contribution in [0, 0.1) is 6.92 Å². The number of aryl methyl sites for hydroxylation is 2. The highest BCUT2D eigenvalue weighted by Crippen LogP contribution is 2.31. The van der Waals surface area contributed by atoms with Crippen molar-refractivity contribution in [3.05, 3.63) is 45.9 Å². The summed E-state index contributed by atoms with van der Waals surface area (Å²) in [6, 6.07) is 7.98. The van der Waals surface area contributed by atoms with Gasteiger partial charge in [-0.1, -0.05) is 18.2 Å². The molecule has 0 fully saturated rings. The predicted molar refractivity (Wildman–Crippen MR) is 127 cm³/mol. The number of aromatic nitrogens is 1. The molecular weight excluding hydrogens is 485 g/mol. The molecule has 1 atom stereocenters. The number of nitrogens with zero attached hydrogens (tertiary/aromatic N) is 2. The Bertz CT molecular complexity index is 807. The van der Waals surface area contributed by atoms with Crippen molar-refractivity contribution < 1.29 is 4.79 Å². The number of anilines is 1. The normalized spacial score (nSPS) is 16.0. The summed E-state index contributed by atoms with van der Waals surface area (Å²) in [6.45, 7) is 6.31. The zero-order valence-electron chi connectivity index (χ0n) is 16.3. The fourth-order valence-electron chi connectivity index (χ4n) is 3.17. The number of benzene rings is 1. The molecular formula is C20H28IN5OS. The van der Waals surface area contributed by atoms with Crippen molar-refractivity contribution >= 4 is 52.9 Å². The highest BCUT2D eigenvalue weighted by Gasteiger charge is 2.24. The van der Waals surface area contributed by atoms with Gasteiger partial charge in [0, 0.05) is 48.6 Å². The van der Waals surface area contributed by atoms with Gasteiger partial charge in [0.1, 0.15) is 0 Å². The number of rotatable bonds is 7. The number of amides is 1. The summed E-state index contributed by atoms with van der Waals surface area (Å²) in [4.78, 5) is 21.2. The highest BCUT2D eigenvalue weighted by atomic mass is 127. The van der Waals surface area contributed by atoms with Gasteiger partial charge in [0.2, 0.25) is 5.91 Å². The van der Waals surface area contributed by atoms with Crippen molar-refractivity contribution in [1.29, 1.82) is 0 Å². The minimum Gasteiger partial charge on any atom is -0.357 e. The number of fused-ring (bicyclic) bond motifs is 1. The molecule has 3 rings (SSSR count). The smallest absolute Gasteiger partial charge is 0.225 e. The average molecular weight is 513 g/mol. The Morgan fingerprint density at radius 3 is 2.93 bits per heavy atom. The number of guanidine groups is 1. The van der Waals surface area contributed by atoms with Crippen LogP contribution in [0.4, 0.5) is 5.69 Å². The molecule has 1 amide bonds. The van der Waals surface area contributed by atoms with Gasteiger partial charge in [-0.15, -0.1) is 35.3 Å². The summed E-state index contributed by atoms with van der Waals surface area (Å²) in [7, 11) is 0. The number of carbonyl (C=O) groups excluding carboxylic acids is 1. The molecule has 28 heavy (non-hydrogen) atoms. The lowest BCUT2D eigenvalue weighted by Crippen LogP contribution is -2.38. The Labute approximate surface area is 187 Å². The van der Waals surface area contributed by atoms with Crippen molar-refractivity contribution in [1.82, 2.24) is 15.6 Å². The predicted octanol–water partition coefficient (Wildman–Crippen LogP) is 3.68. The Hall–Kier alpha value is -1.68. The van der Waals surface area contributed by atoms with E-state index in [0.717, 1.165) is 48.8 Å². The summed E-state index contributed by atoms with van der Waals surface area (Å²) in [6.07, 6.45) is 2.45. The van der Waals surface area contributed by atoms with Crippen molar-refractivity contribution in [3.8, 4) is 0 Å². The first-order valence-electron chi connectivity index (χ1n) is 9.47. The second-order valence-corrected chi connectivity index (χ2v) is 7.61. The van der Waals surface area contributed by atoms with Crippen molar-refractivity contribution in [2.45, 2.75) is 39.0 Å². The number of carbonyl (C=O) groups is 1. The summed E-state index contributed by atoms with van der Waals surface area (Å²) >= 11 is 1.72. The van der Waals surface area contributed by atoms with Gasteiger partial charge < -0.3 is 16.0 Å². The van der Waals surface area contributed by atoms with Crippen molar-refractivity contribution in [2.75, 3.05) is 25.0 Å². The van der Waals surface area contributed by atoms with Gasteiger partial charge in [-0.2, -0.15) is 0 Å². The Balaban J connectivity index is 0.00000280. The van der Waals surface area contributed by atoms with Gasteiger partial charge in [0.25, 0.3) is 0 Å². The molecule has 152 valence electrons. The molecule has 3 N–H and O–H groups in total. The van der Waals surface area contributed by atoms with Crippen LogP contribution < -0.4 is 16.0 Å². The third-order valence-electron chi connectivity index (χ3n) is 4.45. The number of aliphatic imine (C=N–C) groups is 1. The van der Waals surface area contributed by atoms with E-state index < -0.39 is 0 Å². The maximum absolute atomic E-state index is 12.0. The molecule has 0 saturated heterocycles. The number of para-hydroxylation sites is 1. The minimum atomic E-state index is 0. The molecule has 1 aliphatic rings. The molecule has 0 spiro atoms. The van der Waals surface area contributed by atoms with E-state index in [-0.39, 0.29) is 35.8 Å². The van der Waals surface area contributed by atoms with E-state index in [9.17, 15) is 4.79 Å². The quantitative estimate of drug-likeness (QED) is 0.229. The summed E-state index contributed by atoms with van der Waals surface area (Å²) < 4.78 is 0. The van der Waals surface area contributed by atoms with E-state index in [4.69, 9.17) is 4.99 Å². The summed E-state index contributed by atoms with van der Waals surface area (Å²) in [5.41, 5.74) is 3.16. The van der Waals surface area contributed by atoms with E-state index >= 15 is 0 Å². The number of nitrogens with one attached hydrogen (secondary N) is 3. The number of hydrogen-bond donors (Lipinski definition) is 3. The van der Waals surface area contributed by atoms with Crippen LogP contribution in [0.25, 0.3) is 0 Å². The lowest BCUT2D eigenvalue weighted by Gasteiger charge is -2.24. The fraction of sp³-hybridized carbons (Fsp3) is 0.450. The molecule has 2 heterocycles.